The summed E-state index contributed by atoms with van der Waals surface area (Å²) in [6.07, 6.45) is 2.99. The second-order valence-electron chi connectivity index (χ2n) is 4.13. The van der Waals surface area contributed by atoms with Crippen LogP contribution in [0.4, 0.5) is 5.82 Å². The molecule has 0 fully saturated rings. The second-order valence-corrected chi connectivity index (χ2v) is 4.13. The third-order valence-corrected chi connectivity index (χ3v) is 2.62. The van der Waals surface area contributed by atoms with Gasteiger partial charge in [0.2, 0.25) is 0 Å². The number of amides is 1. The highest BCUT2D eigenvalue weighted by Crippen LogP contribution is 2.07. The number of benzene rings is 1. The van der Waals surface area contributed by atoms with E-state index < -0.39 is 0 Å². The van der Waals surface area contributed by atoms with Crippen LogP contribution in [0.5, 0.6) is 0 Å². The first-order valence-electron chi connectivity index (χ1n) is 6.28. The molecule has 0 aliphatic heterocycles. The van der Waals surface area contributed by atoms with Crippen LogP contribution >= 0.6 is 0 Å². The smallest absolute Gasteiger partial charge is 0.270 e. The SMILES string of the molecule is C=CCNC(=O)c1cc(NCc2ccccc2)ncn1. The first kappa shape index (κ1) is 13.7. The summed E-state index contributed by atoms with van der Waals surface area (Å²) >= 11 is 0. The van der Waals surface area contributed by atoms with Crippen molar-refractivity contribution < 1.29 is 4.79 Å². The van der Waals surface area contributed by atoms with E-state index in [1.54, 1.807) is 12.1 Å². The first-order chi connectivity index (χ1) is 9.79. The van der Waals surface area contributed by atoms with Crippen molar-refractivity contribution in [1.82, 2.24) is 15.3 Å². The Labute approximate surface area is 117 Å². The quantitative estimate of drug-likeness (QED) is 0.786. The van der Waals surface area contributed by atoms with Crippen molar-refractivity contribution in [1.29, 1.82) is 0 Å². The van der Waals surface area contributed by atoms with Crippen LogP contribution in [-0.4, -0.2) is 22.4 Å². The molecule has 1 aromatic carbocycles. The van der Waals surface area contributed by atoms with Crippen LogP contribution in [0, 0.1) is 0 Å². The maximum Gasteiger partial charge on any atom is 0.270 e. The van der Waals surface area contributed by atoms with Gasteiger partial charge in [-0.05, 0) is 5.56 Å². The lowest BCUT2D eigenvalue weighted by Crippen LogP contribution is -2.24. The van der Waals surface area contributed by atoms with Crippen LogP contribution in [-0.2, 0) is 6.54 Å². The molecule has 1 amide bonds. The molecule has 5 nitrogen and oxygen atoms in total. The Bertz CT molecular complexity index is 583. The van der Waals surface area contributed by atoms with Gasteiger partial charge in [-0.1, -0.05) is 36.4 Å². The van der Waals surface area contributed by atoms with Crippen LogP contribution in [0.1, 0.15) is 16.1 Å². The van der Waals surface area contributed by atoms with Gasteiger partial charge >= 0.3 is 0 Å². The molecule has 2 N–H and O–H groups in total. The Morgan fingerprint density at radius 2 is 2.05 bits per heavy atom. The molecule has 0 saturated heterocycles. The zero-order valence-electron chi connectivity index (χ0n) is 11.0. The molecule has 0 spiro atoms. The molecule has 0 radical (unpaired) electrons. The molecule has 0 saturated carbocycles. The van der Waals surface area contributed by atoms with Crippen molar-refractivity contribution in [3.63, 3.8) is 0 Å². The minimum atomic E-state index is -0.241. The highest BCUT2D eigenvalue weighted by Gasteiger charge is 2.07. The summed E-state index contributed by atoms with van der Waals surface area (Å²) in [5, 5.41) is 5.84. The zero-order valence-corrected chi connectivity index (χ0v) is 11.0. The molecule has 1 aromatic heterocycles. The minimum absolute atomic E-state index is 0.241. The second kappa shape index (κ2) is 7.04. The monoisotopic (exact) mass is 268 g/mol. The number of anilines is 1. The summed E-state index contributed by atoms with van der Waals surface area (Å²) in [4.78, 5) is 19.8. The van der Waals surface area contributed by atoms with E-state index in [2.05, 4.69) is 27.2 Å². The van der Waals surface area contributed by atoms with E-state index in [1.165, 1.54) is 6.33 Å². The van der Waals surface area contributed by atoms with Gasteiger partial charge in [-0.2, -0.15) is 0 Å². The fourth-order valence-electron chi connectivity index (χ4n) is 1.62. The predicted octanol–water partition coefficient (Wildman–Crippen LogP) is 2.00. The van der Waals surface area contributed by atoms with Gasteiger partial charge < -0.3 is 10.6 Å². The lowest BCUT2D eigenvalue weighted by molar-refractivity contribution is 0.0953. The number of hydrogen-bond donors (Lipinski definition) is 2. The van der Waals surface area contributed by atoms with Gasteiger partial charge in [0.25, 0.3) is 5.91 Å². The normalized spacial score (nSPS) is 9.80. The maximum atomic E-state index is 11.8. The van der Waals surface area contributed by atoms with E-state index in [9.17, 15) is 4.79 Å². The molecule has 1 heterocycles. The van der Waals surface area contributed by atoms with E-state index in [1.807, 2.05) is 30.3 Å². The lowest BCUT2D eigenvalue weighted by atomic mass is 10.2. The van der Waals surface area contributed by atoms with E-state index >= 15 is 0 Å². The largest absolute Gasteiger partial charge is 0.366 e. The molecule has 0 aliphatic rings. The molecule has 102 valence electrons. The average molecular weight is 268 g/mol. The van der Waals surface area contributed by atoms with E-state index in [0.29, 0.717) is 24.6 Å². The van der Waals surface area contributed by atoms with Gasteiger partial charge in [-0.15, -0.1) is 6.58 Å². The Morgan fingerprint density at radius 1 is 1.25 bits per heavy atom. The first-order valence-corrected chi connectivity index (χ1v) is 6.28. The molecule has 2 aromatic rings. The summed E-state index contributed by atoms with van der Waals surface area (Å²) in [6, 6.07) is 11.6. The maximum absolute atomic E-state index is 11.8. The van der Waals surface area contributed by atoms with Crippen LogP contribution in [0.3, 0.4) is 0 Å². The number of carbonyl (C=O) groups excluding carboxylic acids is 1. The number of aromatic nitrogens is 2. The van der Waals surface area contributed by atoms with Crippen LogP contribution < -0.4 is 10.6 Å². The zero-order chi connectivity index (χ0) is 14.2. The number of carbonyl (C=O) groups is 1. The Kier molecular flexibility index (Phi) is 4.83. The van der Waals surface area contributed by atoms with Gasteiger partial charge in [0.1, 0.15) is 17.8 Å². The Hall–Kier alpha value is -2.69. The van der Waals surface area contributed by atoms with Crippen molar-refractivity contribution in [2.45, 2.75) is 6.54 Å². The highest BCUT2D eigenvalue weighted by molar-refractivity contribution is 5.92. The van der Waals surface area contributed by atoms with Crippen molar-refractivity contribution in [2.75, 3.05) is 11.9 Å². The van der Waals surface area contributed by atoms with Gasteiger partial charge in [0, 0.05) is 19.2 Å². The Morgan fingerprint density at radius 3 is 2.80 bits per heavy atom. The summed E-state index contributed by atoms with van der Waals surface area (Å²) in [5.74, 6) is 0.377. The number of nitrogens with zero attached hydrogens (tertiary/aromatic N) is 2. The third-order valence-electron chi connectivity index (χ3n) is 2.62. The fraction of sp³-hybridized carbons (Fsp3) is 0.133. The summed E-state index contributed by atoms with van der Waals surface area (Å²) in [6.45, 7) is 4.60. The standard InChI is InChI=1S/C15H16N4O/c1-2-8-16-15(20)13-9-14(19-11-18-13)17-10-12-6-4-3-5-7-12/h2-7,9,11H,1,8,10H2,(H,16,20)(H,17,18,19). The Balaban J connectivity index is 1.99. The molecule has 0 atom stereocenters. The third kappa shape index (κ3) is 3.91. The fourth-order valence-corrected chi connectivity index (χ4v) is 1.62. The number of rotatable bonds is 6. The molecule has 0 aliphatic carbocycles. The number of hydrogen-bond acceptors (Lipinski definition) is 4. The molecule has 0 unspecified atom stereocenters. The topological polar surface area (TPSA) is 66.9 Å². The number of nitrogens with one attached hydrogen (secondary N) is 2. The molecule has 20 heavy (non-hydrogen) atoms. The highest BCUT2D eigenvalue weighted by atomic mass is 16.1. The van der Waals surface area contributed by atoms with Crippen molar-refractivity contribution in [3.8, 4) is 0 Å². The summed E-state index contributed by atoms with van der Waals surface area (Å²) < 4.78 is 0. The van der Waals surface area contributed by atoms with Gasteiger partial charge in [-0.25, -0.2) is 9.97 Å². The minimum Gasteiger partial charge on any atom is -0.366 e. The van der Waals surface area contributed by atoms with Crippen molar-refractivity contribution in [2.24, 2.45) is 0 Å². The van der Waals surface area contributed by atoms with Gasteiger partial charge in [-0.3, -0.25) is 4.79 Å². The van der Waals surface area contributed by atoms with E-state index in [4.69, 9.17) is 0 Å². The molecule has 0 bridgehead atoms. The molecule has 5 heteroatoms. The lowest BCUT2D eigenvalue weighted by Gasteiger charge is -2.07. The van der Waals surface area contributed by atoms with Crippen LogP contribution in [0.15, 0.2) is 55.4 Å². The molecule has 2 rings (SSSR count). The average Bonchev–Trinajstić information content (AvgIpc) is 2.52. The van der Waals surface area contributed by atoms with E-state index in [0.717, 1.165) is 5.56 Å². The van der Waals surface area contributed by atoms with Gasteiger partial charge in [0.05, 0.1) is 0 Å². The van der Waals surface area contributed by atoms with Crippen LogP contribution in [0.25, 0.3) is 0 Å². The van der Waals surface area contributed by atoms with Crippen LogP contribution in [0.2, 0.25) is 0 Å². The summed E-state index contributed by atoms with van der Waals surface area (Å²) in [5.41, 5.74) is 1.47. The van der Waals surface area contributed by atoms with Gasteiger partial charge in [0.15, 0.2) is 0 Å². The predicted molar refractivity (Wildman–Crippen MR) is 78.3 cm³/mol. The van der Waals surface area contributed by atoms with E-state index in [-0.39, 0.29) is 5.91 Å². The van der Waals surface area contributed by atoms with Crippen molar-refractivity contribution >= 4 is 11.7 Å². The molecular formula is C15H16N4O. The molecular weight excluding hydrogens is 252 g/mol. The summed E-state index contributed by atoms with van der Waals surface area (Å²) in [7, 11) is 0. The van der Waals surface area contributed by atoms with Crippen molar-refractivity contribution in [3.05, 3.63) is 66.6 Å².